The van der Waals surface area contributed by atoms with E-state index in [2.05, 4.69) is 46.5 Å². The summed E-state index contributed by atoms with van der Waals surface area (Å²) >= 11 is 15.4. The highest BCUT2D eigenvalue weighted by Gasteiger charge is 2.31. The number of anilines is 1. The number of thiophene rings is 1. The molecule has 10 nitrogen and oxygen atoms in total. The summed E-state index contributed by atoms with van der Waals surface area (Å²) in [7, 11) is -7.54. The Morgan fingerprint density at radius 1 is 1.07 bits per heavy atom. The molecule has 0 saturated carbocycles. The number of aromatic nitrogens is 1. The first kappa shape index (κ1) is 37.4. The van der Waals surface area contributed by atoms with E-state index in [1.54, 1.807) is 10.4 Å². The number of carbonyl (C=O) groups is 1. The number of nitrogens with zero attached hydrogens (tertiary/aromatic N) is 3. The third kappa shape index (κ3) is 10.0. The van der Waals surface area contributed by atoms with E-state index >= 15 is 0 Å². The van der Waals surface area contributed by atoms with Crippen LogP contribution in [0.4, 0.5) is 5.82 Å². The van der Waals surface area contributed by atoms with Gasteiger partial charge in [-0.25, -0.2) is 21.8 Å². The van der Waals surface area contributed by atoms with E-state index in [4.69, 9.17) is 11.6 Å². The van der Waals surface area contributed by atoms with E-state index in [1.165, 1.54) is 24.0 Å². The zero-order chi connectivity index (χ0) is 32.8. The highest BCUT2D eigenvalue weighted by molar-refractivity contribution is 9.11. The van der Waals surface area contributed by atoms with Gasteiger partial charge in [0.15, 0.2) is 0 Å². The number of carboxylic acid groups (broad SMARTS) is 1. The first-order valence-corrected chi connectivity index (χ1v) is 22.0. The van der Waals surface area contributed by atoms with Crippen LogP contribution in [-0.4, -0.2) is 81.4 Å². The molecule has 4 rings (SSSR count). The molecule has 0 spiro atoms. The van der Waals surface area contributed by atoms with Crippen molar-refractivity contribution in [2.24, 2.45) is 11.8 Å². The van der Waals surface area contributed by atoms with Crippen molar-refractivity contribution in [2.45, 2.75) is 72.9 Å². The summed E-state index contributed by atoms with van der Waals surface area (Å²) in [5.41, 5.74) is 0. The Bertz CT molecular complexity index is 1510. The van der Waals surface area contributed by atoms with Crippen LogP contribution in [0.5, 0.6) is 0 Å². The number of piperidine rings is 2. The fraction of sp³-hybridized carbons (Fsp3) is 0.643. The van der Waals surface area contributed by atoms with Gasteiger partial charge in [-0.05, 0) is 99.9 Å². The van der Waals surface area contributed by atoms with Gasteiger partial charge in [0.2, 0.25) is 10.0 Å². The molecule has 2 fully saturated rings. The van der Waals surface area contributed by atoms with Crippen molar-refractivity contribution in [1.82, 2.24) is 14.0 Å². The lowest BCUT2D eigenvalue weighted by atomic mass is 9.88. The van der Waals surface area contributed by atoms with Gasteiger partial charge in [-0.1, -0.05) is 37.3 Å². The molecule has 0 radical (unpaired) electrons. The lowest BCUT2D eigenvalue weighted by Gasteiger charge is -2.33. The van der Waals surface area contributed by atoms with Gasteiger partial charge in [0.1, 0.15) is 25.3 Å². The second-order valence-electron chi connectivity index (χ2n) is 11.5. The summed E-state index contributed by atoms with van der Waals surface area (Å²) in [5.74, 6) is 1.18. The smallest absolute Gasteiger partial charge is 0.321 e. The molecule has 0 aliphatic carbocycles. The Balaban J connectivity index is 1.17. The van der Waals surface area contributed by atoms with Crippen LogP contribution in [0, 0.1) is 11.8 Å². The molecule has 0 aromatic carbocycles. The molecule has 2 aliphatic heterocycles. The summed E-state index contributed by atoms with van der Waals surface area (Å²) in [6.45, 7) is 2.75. The number of aliphatic carboxylic acids is 1. The van der Waals surface area contributed by atoms with Crippen LogP contribution >= 0.6 is 66.6 Å². The fourth-order valence-electron chi connectivity index (χ4n) is 5.84. The largest absolute Gasteiger partial charge is 0.480 e. The molecule has 2 aromatic heterocycles. The zero-order valence-corrected chi connectivity index (χ0v) is 32.2. The fourth-order valence-corrected chi connectivity index (χ4v) is 12.2. The van der Waals surface area contributed by atoms with Crippen LogP contribution in [0.3, 0.4) is 0 Å². The number of unbranched alkanes of at least 4 members (excludes halogenated alkanes) is 1. The Morgan fingerprint density at radius 2 is 1.67 bits per heavy atom. The molecule has 2 aliphatic rings. The maximum Gasteiger partial charge on any atom is 0.321 e. The van der Waals surface area contributed by atoms with E-state index in [9.17, 15) is 26.7 Å². The second-order valence-corrected chi connectivity index (χ2v) is 19.7. The number of sulfonamides is 2. The maximum atomic E-state index is 13.0. The van der Waals surface area contributed by atoms with Gasteiger partial charge >= 0.3 is 5.97 Å². The number of hydrogen-bond donors (Lipinski definition) is 2. The van der Waals surface area contributed by atoms with Crippen LogP contribution < -0.4 is 9.62 Å². The Labute approximate surface area is 296 Å². The van der Waals surface area contributed by atoms with E-state index in [1.807, 2.05) is 6.26 Å². The van der Waals surface area contributed by atoms with Gasteiger partial charge in [0.25, 0.3) is 10.0 Å². The monoisotopic (exact) mass is 848 g/mol. The van der Waals surface area contributed by atoms with Crippen molar-refractivity contribution in [3.8, 4) is 0 Å². The molecule has 0 bridgehead atoms. The van der Waals surface area contributed by atoms with E-state index in [0.29, 0.717) is 49.8 Å². The molecule has 17 heteroatoms. The van der Waals surface area contributed by atoms with Crippen molar-refractivity contribution >= 4 is 98.4 Å². The molecule has 252 valence electrons. The normalized spacial score (nSPS) is 18.4. The third-order valence-electron chi connectivity index (χ3n) is 8.49. The van der Waals surface area contributed by atoms with E-state index < -0.39 is 32.1 Å². The van der Waals surface area contributed by atoms with Crippen molar-refractivity contribution in [3.63, 3.8) is 0 Å². The predicted molar refractivity (Wildman–Crippen MR) is 189 cm³/mol. The first-order valence-electron chi connectivity index (χ1n) is 14.9. The average molecular weight is 851 g/mol. The Morgan fingerprint density at radius 3 is 2.18 bits per heavy atom. The number of thioether (sulfide) groups is 1. The minimum Gasteiger partial charge on any atom is -0.480 e. The average Bonchev–Trinajstić information content (AvgIpc) is 3.36. The van der Waals surface area contributed by atoms with Crippen molar-refractivity contribution in [2.75, 3.05) is 43.1 Å². The molecule has 2 N–H and O–H groups in total. The number of halogens is 3. The molecule has 4 heterocycles. The molecular weight excluding hydrogens is 812 g/mol. The second kappa shape index (κ2) is 16.8. The zero-order valence-electron chi connectivity index (χ0n) is 25.0. The minimum absolute atomic E-state index is 0.0728. The molecule has 1 unspecified atom stereocenters. The lowest BCUT2D eigenvalue weighted by molar-refractivity contribution is -0.139. The number of rotatable bonds is 15. The molecule has 0 amide bonds. The summed E-state index contributed by atoms with van der Waals surface area (Å²) < 4.78 is 57.4. The molecule has 2 aromatic rings. The topological polar surface area (TPSA) is 137 Å². The van der Waals surface area contributed by atoms with Crippen molar-refractivity contribution in [1.29, 1.82) is 0 Å². The van der Waals surface area contributed by atoms with E-state index in [-0.39, 0.29) is 15.5 Å². The molecule has 2 saturated heterocycles. The van der Waals surface area contributed by atoms with Crippen LogP contribution in [0.25, 0.3) is 0 Å². The Hall–Kier alpha value is -0.460. The van der Waals surface area contributed by atoms with Gasteiger partial charge in [-0.15, -0.1) is 11.3 Å². The highest BCUT2D eigenvalue weighted by Crippen LogP contribution is 2.37. The van der Waals surface area contributed by atoms with Gasteiger partial charge < -0.3 is 10.0 Å². The summed E-state index contributed by atoms with van der Waals surface area (Å²) in [6.07, 6.45) is 11.7. The lowest BCUT2D eigenvalue weighted by Crippen LogP contribution is -2.41. The molecular formula is C28H39Br2ClN4O6S4. The number of carboxylic acids is 1. The van der Waals surface area contributed by atoms with Crippen LogP contribution in [0.2, 0.25) is 4.34 Å². The van der Waals surface area contributed by atoms with Gasteiger partial charge in [0.05, 0.1) is 4.47 Å². The predicted octanol–water partition coefficient (Wildman–Crippen LogP) is 6.68. The maximum absolute atomic E-state index is 13.0. The summed E-state index contributed by atoms with van der Waals surface area (Å²) in [5, 5.41) is 9.41. The van der Waals surface area contributed by atoms with Crippen LogP contribution in [0.1, 0.15) is 57.8 Å². The third-order valence-corrected chi connectivity index (χ3v) is 16.0. The standard InChI is InChI=1S/C28H39Br2ClN4O6S4/c1-42-15-10-24(28(36)37)33-44(38,39)21-16-23(30)27(32-18-21)34-11-6-19(7-12-34)4-2-3-5-20-8-13-35(14-9-20)45(40,41)25-17-22(29)26(31)43-25/h16-20,24,33H,2-15H2,1H3,(H,36,37). The van der Waals surface area contributed by atoms with Gasteiger partial charge in [-0.3, -0.25) is 4.79 Å². The van der Waals surface area contributed by atoms with Crippen LogP contribution in [-0.2, 0) is 24.8 Å². The van der Waals surface area contributed by atoms with Crippen molar-refractivity contribution in [3.05, 3.63) is 31.6 Å². The first-order chi connectivity index (χ1) is 21.3. The number of pyridine rings is 1. The molecule has 1 atom stereocenters. The van der Waals surface area contributed by atoms with Gasteiger partial charge in [-0.2, -0.15) is 20.8 Å². The van der Waals surface area contributed by atoms with Crippen molar-refractivity contribution < 1.29 is 26.7 Å². The SMILES string of the molecule is CSCCC(NS(=O)(=O)c1cnc(N2CCC(CCCCC3CCN(S(=O)(=O)c4cc(Br)c(Cl)s4)CC3)CC2)c(Br)c1)C(=O)O. The van der Waals surface area contributed by atoms with E-state index in [0.717, 1.165) is 75.8 Å². The minimum atomic E-state index is -4.04. The summed E-state index contributed by atoms with van der Waals surface area (Å²) in [6, 6.07) is 1.88. The molecule has 45 heavy (non-hydrogen) atoms. The highest BCUT2D eigenvalue weighted by atomic mass is 79.9. The van der Waals surface area contributed by atoms with Gasteiger partial charge in [0, 0.05) is 36.8 Å². The summed E-state index contributed by atoms with van der Waals surface area (Å²) in [4.78, 5) is 18.0. The Kier molecular flexibility index (Phi) is 13.9. The van der Waals surface area contributed by atoms with Crippen LogP contribution in [0.15, 0.2) is 36.4 Å². The number of nitrogens with one attached hydrogen (secondary N) is 1. The number of hydrogen-bond acceptors (Lipinski definition) is 9. The quantitative estimate of drug-likeness (QED) is 0.188.